The Morgan fingerprint density at radius 3 is 2.34 bits per heavy atom. The summed E-state index contributed by atoms with van der Waals surface area (Å²) in [5.74, 6) is -1.29. The summed E-state index contributed by atoms with van der Waals surface area (Å²) in [4.78, 5) is 18.9. The van der Waals surface area contributed by atoms with Crippen molar-refractivity contribution in [3.05, 3.63) is 70.9 Å². The van der Waals surface area contributed by atoms with E-state index in [1.165, 1.54) is 31.2 Å². The number of alkyl halides is 3. The highest BCUT2D eigenvalue weighted by molar-refractivity contribution is 7.92. The molecule has 0 radical (unpaired) electrons. The van der Waals surface area contributed by atoms with Crippen molar-refractivity contribution in [3.8, 4) is 0 Å². The maximum Gasteiger partial charge on any atom is 0.421 e. The van der Waals surface area contributed by atoms with Gasteiger partial charge in [0, 0.05) is 29.7 Å². The number of hydrogen-bond donors (Lipinski definition) is 4. The van der Waals surface area contributed by atoms with Crippen molar-refractivity contribution in [1.82, 2.24) is 9.97 Å². The number of nitrogens with one attached hydrogen (secondary N) is 3. The lowest BCUT2D eigenvalue weighted by atomic mass is 10.1. The van der Waals surface area contributed by atoms with Crippen LogP contribution >= 0.6 is 0 Å². The molecule has 0 saturated carbocycles. The van der Waals surface area contributed by atoms with Gasteiger partial charge in [-0.05, 0) is 61.4 Å². The van der Waals surface area contributed by atoms with E-state index in [-0.39, 0.29) is 23.8 Å². The summed E-state index contributed by atoms with van der Waals surface area (Å²) in [6.07, 6.45) is -4.05. The fraction of sp³-hybridized carbons (Fsp3) is 0.227. The molecule has 0 aliphatic carbocycles. The Labute approximate surface area is 200 Å². The summed E-state index contributed by atoms with van der Waals surface area (Å²) >= 11 is 0. The van der Waals surface area contributed by atoms with Crippen molar-refractivity contribution < 1.29 is 26.4 Å². The Morgan fingerprint density at radius 2 is 1.74 bits per heavy atom. The molecule has 5 N–H and O–H groups in total. The van der Waals surface area contributed by atoms with E-state index in [2.05, 4.69) is 25.3 Å². The van der Waals surface area contributed by atoms with Gasteiger partial charge in [0.15, 0.2) is 0 Å². The Bertz CT molecular complexity index is 1330. The third-order valence-electron chi connectivity index (χ3n) is 4.97. The van der Waals surface area contributed by atoms with Gasteiger partial charge in [0.05, 0.1) is 5.75 Å². The van der Waals surface area contributed by atoms with Crippen molar-refractivity contribution in [2.24, 2.45) is 5.73 Å². The summed E-state index contributed by atoms with van der Waals surface area (Å²) in [5, 5.41) is 5.46. The van der Waals surface area contributed by atoms with Crippen molar-refractivity contribution in [2.45, 2.75) is 26.6 Å². The van der Waals surface area contributed by atoms with E-state index in [1.807, 2.05) is 0 Å². The molecule has 0 aliphatic rings. The maximum atomic E-state index is 13.6. The van der Waals surface area contributed by atoms with Crippen LogP contribution in [0.25, 0.3) is 0 Å². The minimum Gasteiger partial charge on any atom is -0.366 e. The number of benzene rings is 2. The predicted octanol–water partition coefficient (Wildman–Crippen LogP) is 4.02. The quantitative estimate of drug-likeness (QED) is 0.342. The highest BCUT2D eigenvalue weighted by Crippen LogP contribution is 2.34. The molecule has 186 valence electrons. The van der Waals surface area contributed by atoms with E-state index in [0.717, 1.165) is 5.56 Å². The smallest absolute Gasteiger partial charge is 0.366 e. The first kappa shape index (κ1) is 25.7. The topological polar surface area (TPSA) is 139 Å². The second-order valence-corrected chi connectivity index (χ2v) is 9.53. The van der Waals surface area contributed by atoms with Gasteiger partial charge in [-0.3, -0.25) is 9.52 Å². The van der Waals surface area contributed by atoms with Crippen LogP contribution in [-0.2, 0) is 22.7 Å². The van der Waals surface area contributed by atoms with Gasteiger partial charge in [0.2, 0.25) is 21.9 Å². The van der Waals surface area contributed by atoms with E-state index < -0.39 is 33.5 Å². The third kappa shape index (κ3) is 6.82. The summed E-state index contributed by atoms with van der Waals surface area (Å²) in [6.45, 7) is 3.19. The first-order valence-electron chi connectivity index (χ1n) is 10.3. The lowest BCUT2D eigenvalue weighted by Crippen LogP contribution is -2.16. The molecule has 0 atom stereocenters. The molecule has 35 heavy (non-hydrogen) atoms. The fourth-order valence-electron chi connectivity index (χ4n) is 2.99. The Balaban J connectivity index is 1.85. The average Bonchev–Trinajstić information content (AvgIpc) is 2.79. The summed E-state index contributed by atoms with van der Waals surface area (Å²) in [7, 11) is -3.51. The molecular formula is C22H23F3N6O3S. The summed E-state index contributed by atoms with van der Waals surface area (Å²) in [5.41, 5.74) is 6.46. The SMILES string of the molecule is CCS(=O)(=O)Nc1ccc(C)c(CNc2nc(Nc3ccc(C(N)=O)cc3)ncc2C(F)(F)F)c1. The van der Waals surface area contributed by atoms with Gasteiger partial charge in [0.25, 0.3) is 0 Å². The molecule has 0 unspecified atom stereocenters. The molecule has 0 spiro atoms. The van der Waals surface area contributed by atoms with Gasteiger partial charge < -0.3 is 16.4 Å². The van der Waals surface area contributed by atoms with Gasteiger partial charge in [-0.15, -0.1) is 0 Å². The number of rotatable bonds is 9. The molecule has 0 fully saturated rings. The largest absolute Gasteiger partial charge is 0.421 e. The zero-order valence-corrected chi connectivity index (χ0v) is 19.6. The van der Waals surface area contributed by atoms with E-state index in [0.29, 0.717) is 23.1 Å². The highest BCUT2D eigenvalue weighted by atomic mass is 32.2. The number of carbonyl (C=O) groups is 1. The zero-order chi connectivity index (χ0) is 25.8. The first-order valence-corrected chi connectivity index (χ1v) is 12.0. The molecule has 1 aromatic heterocycles. The number of nitrogens with zero attached hydrogens (tertiary/aromatic N) is 2. The minimum atomic E-state index is -4.71. The molecule has 1 heterocycles. The van der Waals surface area contributed by atoms with E-state index in [9.17, 15) is 26.4 Å². The molecule has 2 aromatic carbocycles. The monoisotopic (exact) mass is 508 g/mol. The third-order valence-corrected chi connectivity index (χ3v) is 6.28. The molecule has 0 saturated heterocycles. The number of amides is 1. The van der Waals surface area contributed by atoms with Crippen LogP contribution in [0.15, 0.2) is 48.7 Å². The van der Waals surface area contributed by atoms with Gasteiger partial charge in [-0.25, -0.2) is 13.4 Å². The number of anilines is 4. The minimum absolute atomic E-state index is 0.0552. The highest BCUT2D eigenvalue weighted by Gasteiger charge is 2.35. The molecular weight excluding hydrogens is 485 g/mol. The number of carbonyl (C=O) groups excluding carboxylic acids is 1. The van der Waals surface area contributed by atoms with Crippen LogP contribution in [0.2, 0.25) is 0 Å². The Kier molecular flexibility index (Phi) is 7.48. The van der Waals surface area contributed by atoms with Crippen LogP contribution in [0.5, 0.6) is 0 Å². The number of hydrogen-bond acceptors (Lipinski definition) is 7. The second-order valence-electron chi connectivity index (χ2n) is 7.52. The van der Waals surface area contributed by atoms with Crippen molar-refractivity contribution in [2.75, 3.05) is 21.1 Å². The van der Waals surface area contributed by atoms with Crippen molar-refractivity contribution >= 4 is 39.1 Å². The standard InChI is InChI=1S/C22H23F3N6O3S/c1-3-35(33,34)31-17-7-4-13(2)15(10-17)11-27-20-18(22(23,24)25)12-28-21(30-20)29-16-8-5-14(6-9-16)19(26)32/h4-10,12,31H,3,11H2,1-2H3,(H2,26,32)(H2,27,28,29,30). The predicted molar refractivity (Wildman–Crippen MR) is 127 cm³/mol. The van der Waals surface area contributed by atoms with Gasteiger partial charge in [-0.2, -0.15) is 18.2 Å². The zero-order valence-electron chi connectivity index (χ0n) is 18.8. The van der Waals surface area contributed by atoms with E-state index in [4.69, 9.17) is 5.73 Å². The van der Waals surface area contributed by atoms with E-state index in [1.54, 1.807) is 25.1 Å². The van der Waals surface area contributed by atoms with E-state index >= 15 is 0 Å². The van der Waals surface area contributed by atoms with Crippen LogP contribution in [0.4, 0.5) is 36.3 Å². The maximum absolute atomic E-state index is 13.6. The molecule has 3 rings (SSSR count). The van der Waals surface area contributed by atoms with Crippen molar-refractivity contribution in [3.63, 3.8) is 0 Å². The summed E-state index contributed by atoms with van der Waals surface area (Å²) in [6, 6.07) is 10.7. The number of primary amides is 1. The van der Waals surface area contributed by atoms with Crippen LogP contribution in [0.1, 0.15) is 34.0 Å². The van der Waals surface area contributed by atoms with Crippen LogP contribution in [0.3, 0.4) is 0 Å². The first-order chi connectivity index (χ1) is 16.4. The molecule has 13 heteroatoms. The molecule has 9 nitrogen and oxygen atoms in total. The van der Waals surface area contributed by atoms with Crippen LogP contribution in [0, 0.1) is 6.92 Å². The lowest BCUT2D eigenvalue weighted by Gasteiger charge is -2.16. The number of halogens is 3. The Hall–Kier alpha value is -3.87. The molecule has 3 aromatic rings. The molecule has 0 aliphatic heterocycles. The van der Waals surface area contributed by atoms with Crippen LogP contribution in [-0.4, -0.2) is 30.0 Å². The fourth-order valence-corrected chi connectivity index (χ4v) is 3.62. The number of aryl methyl sites for hydroxylation is 1. The average molecular weight is 509 g/mol. The van der Waals surface area contributed by atoms with Gasteiger partial charge in [-0.1, -0.05) is 6.07 Å². The normalized spacial score (nSPS) is 11.7. The lowest BCUT2D eigenvalue weighted by molar-refractivity contribution is -0.137. The molecule has 1 amide bonds. The summed E-state index contributed by atoms with van der Waals surface area (Å²) < 4.78 is 66.8. The van der Waals surface area contributed by atoms with Crippen LogP contribution < -0.4 is 21.1 Å². The Morgan fingerprint density at radius 1 is 1.09 bits per heavy atom. The van der Waals surface area contributed by atoms with Crippen molar-refractivity contribution in [1.29, 1.82) is 0 Å². The van der Waals surface area contributed by atoms with Gasteiger partial charge in [0.1, 0.15) is 11.4 Å². The molecule has 0 bridgehead atoms. The van der Waals surface area contributed by atoms with Gasteiger partial charge >= 0.3 is 6.18 Å². The number of aromatic nitrogens is 2. The number of sulfonamides is 1. The number of nitrogens with two attached hydrogens (primary N) is 1. The second kappa shape index (κ2) is 10.2.